The van der Waals surface area contributed by atoms with Gasteiger partial charge in [0.25, 0.3) is 5.91 Å². The van der Waals surface area contributed by atoms with Crippen molar-refractivity contribution in [2.45, 2.75) is 18.9 Å². The first-order valence-electron chi connectivity index (χ1n) is 7.79. The Morgan fingerprint density at radius 2 is 2.00 bits per heavy atom. The normalized spacial score (nSPS) is 17.4. The fourth-order valence-corrected chi connectivity index (χ4v) is 2.61. The van der Waals surface area contributed by atoms with Crippen LogP contribution in [0, 0.1) is 0 Å². The zero-order valence-electron chi connectivity index (χ0n) is 13.1. The molecule has 2 heterocycles. The van der Waals surface area contributed by atoms with Gasteiger partial charge in [0.1, 0.15) is 6.26 Å². The molecule has 2 aromatic rings. The molecular formula is C17H19N3O4. The second kappa shape index (κ2) is 7.18. The molecule has 7 heteroatoms. The number of aliphatic hydroxyl groups excluding tert-OH is 1. The summed E-state index contributed by atoms with van der Waals surface area (Å²) in [5, 5.41) is 15.2. The van der Waals surface area contributed by atoms with Crippen molar-refractivity contribution in [3.8, 4) is 0 Å². The predicted molar refractivity (Wildman–Crippen MR) is 88.9 cm³/mol. The van der Waals surface area contributed by atoms with Crippen molar-refractivity contribution in [1.82, 2.24) is 4.90 Å². The maximum absolute atomic E-state index is 12.2. The van der Waals surface area contributed by atoms with Crippen molar-refractivity contribution < 1.29 is 19.1 Å². The number of carbonyl (C=O) groups excluding carboxylic acids is 2. The number of urea groups is 1. The molecule has 0 radical (unpaired) electrons. The maximum Gasteiger partial charge on any atom is 0.321 e. The molecule has 3 rings (SSSR count). The fraction of sp³-hybridized carbons (Fsp3) is 0.294. The lowest BCUT2D eigenvalue weighted by molar-refractivity contribution is 0.0883. The van der Waals surface area contributed by atoms with E-state index in [1.807, 2.05) is 0 Å². The molecular weight excluding hydrogens is 310 g/mol. The summed E-state index contributed by atoms with van der Waals surface area (Å²) in [7, 11) is 0. The molecule has 1 fully saturated rings. The average Bonchev–Trinajstić information content (AvgIpc) is 3.10. The topological polar surface area (TPSA) is 94.8 Å². The minimum atomic E-state index is -0.468. The lowest BCUT2D eigenvalue weighted by atomic mass is 10.1. The molecule has 0 spiro atoms. The number of aliphatic hydroxyl groups is 1. The molecule has 1 aliphatic rings. The first-order chi connectivity index (χ1) is 11.6. The number of nitrogens with one attached hydrogen (secondary N) is 2. The van der Waals surface area contributed by atoms with Crippen LogP contribution in [-0.4, -0.2) is 41.1 Å². The minimum absolute atomic E-state index is 0.257. The monoisotopic (exact) mass is 329 g/mol. The molecule has 24 heavy (non-hydrogen) atoms. The molecule has 1 aromatic heterocycles. The third kappa shape index (κ3) is 3.94. The Morgan fingerprint density at radius 1 is 1.21 bits per heavy atom. The molecule has 1 atom stereocenters. The van der Waals surface area contributed by atoms with Crippen LogP contribution in [0.1, 0.15) is 23.2 Å². The number of furan rings is 1. The van der Waals surface area contributed by atoms with Gasteiger partial charge in [0.15, 0.2) is 0 Å². The summed E-state index contributed by atoms with van der Waals surface area (Å²) in [6, 6.07) is 8.21. The minimum Gasteiger partial charge on any atom is -0.472 e. The van der Waals surface area contributed by atoms with Crippen LogP contribution in [0.4, 0.5) is 16.2 Å². The molecule has 7 nitrogen and oxygen atoms in total. The SMILES string of the molecule is O=C(Nc1cccc(NC(=O)N2CCC[C@H](O)C2)c1)c1ccoc1. The molecule has 0 unspecified atom stereocenters. The molecule has 126 valence electrons. The first kappa shape index (κ1) is 16.1. The van der Waals surface area contributed by atoms with E-state index in [1.54, 1.807) is 35.2 Å². The van der Waals surface area contributed by atoms with Crippen molar-refractivity contribution in [3.05, 3.63) is 48.4 Å². The summed E-state index contributed by atoms with van der Waals surface area (Å²) in [5.41, 5.74) is 1.56. The Labute approximate surface area is 139 Å². The van der Waals surface area contributed by atoms with Gasteiger partial charge in [-0.25, -0.2) is 4.79 Å². The van der Waals surface area contributed by atoms with E-state index >= 15 is 0 Å². The number of hydrogen-bond acceptors (Lipinski definition) is 4. The smallest absolute Gasteiger partial charge is 0.321 e. The molecule has 1 aliphatic heterocycles. The Morgan fingerprint density at radius 3 is 2.71 bits per heavy atom. The van der Waals surface area contributed by atoms with Gasteiger partial charge in [-0.1, -0.05) is 6.07 Å². The number of amides is 3. The molecule has 0 saturated carbocycles. The highest BCUT2D eigenvalue weighted by Crippen LogP contribution is 2.18. The highest BCUT2D eigenvalue weighted by molar-refractivity contribution is 6.04. The first-order valence-corrected chi connectivity index (χ1v) is 7.79. The van der Waals surface area contributed by atoms with Crippen molar-refractivity contribution in [3.63, 3.8) is 0 Å². The zero-order chi connectivity index (χ0) is 16.9. The third-order valence-corrected chi connectivity index (χ3v) is 3.84. The van der Waals surface area contributed by atoms with E-state index in [1.165, 1.54) is 12.5 Å². The van der Waals surface area contributed by atoms with E-state index in [0.29, 0.717) is 30.0 Å². The number of β-amino-alcohol motifs (C(OH)–C–C–N with tert-alkyl or cyclic N) is 1. The van der Waals surface area contributed by atoms with Gasteiger partial charge in [-0.15, -0.1) is 0 Å². The Bertz CT molecular complexity index is 714. The number of likely N-dealkylation sites (tertiary alicyclic amines) is 1. The van der Waals surface area contributed by atoms with Gasteiger partial charge < -0.3 is 25.1 Å². The van der Waals surface area contributed by atoms with Crippen LogP contribution in [0.25, 0.3) is 0 Å². The Balaban J connectivity index is 1.62. The number of benzene rings is 1. The van der Waals surface area contributed by atoms with Crippen LogP contribution in [0.3, 0.4) is 0 Å². The van der Waals surface area contributed by atoms with Gasteiger partial charge >= 0.3 is 6.03 Å². The summed E-state index contributed by atoms with van der Waals surface area (Å²) in [4.78, 5) is 25.8. The summed E-state index contributed by atoms with van der Waals surface area (Å²) in [6.07, 6.45) is 3.83. The zero-order valence-corrected chi connectivity index (χ0v) is 13.1. The van der Waals surface area contributed by atoms with Gasteiger partial charge in [0.05, 0.1) is 17.9 Å². The van der Waals surface area contributed by atoms with Crippen molar-refractivity contribution in [2.24, 2.45) is 0 Å². The molecule has 3 amide bonds. The van der Waals surface area contributed by atoms with Crippen molar-refractivity contribution in [2.75, 3.05) is 23.7 Å². The van der Waals surface area contributed by atoms with E-state index in [2.05, 4.69) is 10.6 Å². The summed E-state index contributed by atoms with van der Waals surface area (Å²) >= 11 is 0. The second-order valence-corrected chi connectivity index (χ2v) is 5.72. The van der Waals surface area contributed by atoms with Crippen molar-refractivity contribution in [1.29, 1.82) is 0 Å². The third-order valence-electron chi connectivity index (χ3n) is 3.84. The second-order valence-electron chi connectivity index (χ2n) is 5.72. The summed E-state index contributed by atoms with van der Waals surface area (Å²) < 4.78 is 4.88. The highest BCUT2D eigenvalue weighted by atomic mass is 16.3. The van der Waals surface area contributed by atoms with E-state index < -0.39 is 6.10 Å². The van der Waals surface area contributed by atoms with E-state index in [-0.39, 0.29) is 11.9 Å². The van der Waals surface area contributed by atoms with E-state index in [0.717, 1.165) is 12.8 Å². The average molecular weight is 329 g/mol. The lowest BCUT2D eigenvalue weighted by Crippen LogP contribution is -2.44. The number of rotatable bonds is 3. The Kier molecular flexibility index (Phi) is 4.81. The van der Waals surface area contributed by atoms with E-state index in [4.69, 9.17) is 4.42 Å². The predicted octanol–water partition coefficient (Wildman–Crippen LogP) is 2.52. The number of carbonyl (C=O) groups is 2. The fourth-order valence-electron chi connectivity index (χ4n) is 2.61. The summed E-state index contributed by atoms with van der Waals surface area (Å²) in [5.74, 6) is -0.286. The lowest BCUT2D eigenvalue weighted by Gasteiger charge is -2.30. The van der Waals surface area contributed by atoms with Gasteiger partial charge in [0, 0.05) is 24.5 Å². The van der Waals surface area contributed by atoms with Gasteiger partial charge in [-0.05, 0) is 37.1 Å². The maximum atomic E-state index is 12.2. The van der Waals surface area contributed by atoms with Crippen molar-refractivity contribution >= 4 is 23.3 Å². The Hall–Kier alpha value is -2.80. The highest BCUT2D eigenvalue weighted by Gasteiger charge is 2.22. The number of anilines is 2. The quantitative estimate of drug-likeness (QED) is 0.806. The molecule has 1 aromatic carbocycles. The number of hydrogen-bond donors (Lipinski definition) is 3. The van der Waals surface area contributed by atoms with Crippen LogP contribution in [0.2, 0.25) is 0 Å². The van der Waals surface area contributed by atoms with Crippen LogP contribution >= 0.6 is 0 Å². The van der Waals surface area contributed by atoms with Crippen LogP contribution < -0.4 is 10.6 Å². The van der Waals surface area contributed by atoms with Crippen LogP contribution in [0.5, 0.6) is 0 Å². The van der Waals surface area contributed by atoms with Gasteiger partial charge in [0.2, 0.25) is 0 Å². The van der Waals surface area contributed by atoms with Gasteiger partial charge in [-0.3, -0.25) is 4.79 Å². The molecule has 1 saturated heterocycles. The largest absolute Gasteiger partial charge is 0.472 e. The van der Waals surface area contributed by atoms with Gasteiger partial charge in [-0.2, -0.15) is 0 Å². The standard InChI is InChI=1S/C17H19N3O4/c21-15-5-2-7-20(10-15)17(23)19-14-4-1-3-13(9-14)18-16(22)12-6-8-24-11-12/h1,3-4,6,8-9,11,15,21H,2,5,7,10H2,(H,18,22)(H,19,23)/t15-/m0/s1. The number of nitrogens with zero attached hydrogens (tertiary/aromatic N) is 1. The van der Waals surface area contributed by atoms with Crippen LogP contribution in [0.15, 0.2) is 47.3 Å². The van der Waals surface area contributed by atoms with Crippen LogP contribution in [-0.2, 0) is 0 Å². The molecule has 3 N–H and O–H groups in total. The molecule has 0 bridgehead atoms. The number of piperidine rings is 1. The van der Waals surface area contributed by atoms with E-state index in [9.17, 15) is 14.7 Å². The molecule has 0 aliphatic carbocycles. The summed E-state index contributed by atoms with van der Waals surface area (Å²) in [6.45, 7) is 0.961.